The van der Waals surface area contributed by atoms with Crippen LogP contribution in [0.1, 0.15) is 70.3 Å². The highest BCUT2D eigenvalue weighted by Gasteiger charge is 2.68. The zero-order valence-electron chi connectivity index (χ0n) is 19.7. The number of rotatable bonds is 9. The number of likely N-dealkylation sites (tertiary alicyclic amines) is 1. The number of alkyl halides is 2. The van der Waals surface area contributed by atoms with E-state index in [0.29, 0.717) is 54.7 Å². The van der Waals surface area contributed by atoms with Crippen LogP contribution < -0.4 is 4.72 Å². The van der Waals surface area contributed by atoms with Crippen LogP contribution in [0.4, 0.5) is 18.9 Å². The van der Waals surface area contributed by atoms with Crippen LogP contribution in [0.2, 0.25) is 0 Å². The van der Waals surface area contributed by atoms with Crippen LogP contribution in [-0.2, 0) is 15.4 Å². The molecular formula is C25H36ClF3N2O2S. The number of benzene rings is 1. The molecule has 0 amide bonds. The summed E-state index contributed by atoms with van der Waals surface area (Å²) in [5.41, 5.74) is 0.904. The van der Waals surface area contributed by atoms with Crippen LogP contribution in [-0.4, -0.2) is 44.1 Å². The topological polar surface area (TPSA) is 49.4 Å². The van der Waals surface area contributed by atoms with E-state index >= 15 is 0 Å². The van der Waals surface area contributed by atoms with Crippen LogP contribution in [0.25, 0.3) is 0 Å². The quantitative estimate of drug-likeness (QED) is 0.436. The van der Waals surface area contributed by atoms with Crippen LogP contribution in [0.15, 0.2) is 18.2 Å². The Morgan fingerprint density at radius 2 is 1.74 bits per heavy atom. The Kier molecular flexibility index (Phi) is 7.27. The van der Waals surface area contributed by atoms with Crippen molar-refractivity contribution in [3.8, 4) is 0 Å². The maximum atomic E-state index is 14.9. The third-order valence-corrected chi connectivity index (χ3v) is 10.7. The Hall–Kier alpha value is -0.990. The van der Waals surface area contributed by atoms with Gasteiger partial charge in [-0.2, -0.15) is 0 Å². The molecule has 9 heteroatoms. The standard InChI is InChI=1S/C25H35F3N2O2S.ClH/c1-2-25(20-14-18(5-8-23(20)26)29-33(31,32)19-6-7-19)21-15-30(16-22(21)25)13-3-4-17-9-11-24(27,28)12-10-17;/h5,8,14,17,19,21-22,29H,2-4,6-7,9-13,15-16H2,1H3;1H. The molecule has 192 valence electrons. The lowest BCUT2D eigenvalue weighted by Gasteiger charge is -2.30. The van der Waals surface area contributed by atoms with Gasteiger partial charge in [0.1, 0.15) is 5.82 Å². The molecule has 1 aromatic carbocycles. The summed E-state index contributed by atoms with van der Waals surface area (Å²) in [5, 5.41) is -0.315. The third kappa shape index (κ3) is 4.96. The third-order valence-electron chi connectivity index (χ3n) is 8.81. The van der Waals surface area contributed by atoms with Gasteiger partial charge in [-0.3, -0.25) is 4.72 Å². The first kappa shape index (κ1) is 26.1. The smallest absolute Gasteiger partial charge is 0.248 e. The van der Waals surface area contributed by atoms with Crippen LogP contribution in [0.5, 0.6) is 0 Å². The fraction of sp³-hybridized carbons (Fsp3) is 0.760. The molecule has 4 aliphatic rings. The molecule has 4 fully saturated rings. The normalized spacial score (nSPS) is 31.1. The molecule has 3 aliphatic carbocycles. The maximum Gasteiger partial charge on any atom is 0.248 e. The Balaban J connectivity index is 0.00000274. The number of anilines is 1. The van der Waals surface area contributed by atoms with Gasteiger partial charge in [0.25, 0.3) is 0 Å². The van der Waals surface area contributed by atoms with Crippen molar-refractivity contribution in [3.05, 3.63) is 29.6 Å². The number of halogens is 4. The highest BCUT2D eigenvalue weighted by atomic mass is 35.5. The van der Waals surface area contributed by atoms with E-state index in [1.165, 1.54) is 12.1 Å². The van der Waals surface area contributed by atoms with E-state index in [-0.39, 0.29) is 41.7 Å². The highest BCUT2D eigenvalue weighted by molar-refractivity contribution is 7.93. The second-order valence-electron chi connectivity index (χ2n) is 10.8. The maximum absolute atomic E-state index is 14.9. The number of piperidine rings is 1. The number of hydrogen-bond donors (Lipinski definition) is 1. The van der Waals surface area contributed by atoms with Gasteiger partial charge in [-0.25, -0.2) is 21.6 Å². The van der Waals surface area contributed by atoms with Gasteiger partial charge in [0.05, 0.1) is 5.25 Å². The van der Waals surface area contributed by atoms with Crippen LogP contribution >= 0.6 is 12.4 Å². The van der Waals surface area contributed by atoms with Crippen molar-refractivity contribution >= 4 is 28.1 Å². The molecular weight excluding hydrogens is 485 g/mol. The number of fused-ring (bicyclic) bond motifs is 1. The summed E-state index contributed by atoms with van der Waals surface area (Å²) in [7, 11) is -3.38. The SMILES string of the molecule is CCC1(c2cc(NS(=O)(=O)C3CC3)ccc2F)C2CN(CCCC3CCC(F)(F)CC3)CC21.Cl. The summed E-state index contributed by atoms with van der Waals surface area (Å²) in [6.45, 7) is 4.93. The van der Waals surface area contributed by atoms with Gasteiger partial charge in [0.15, 0.2) is 0 Å². The molecule has 0 aromatic heterocycles. The monoisotopic (exact) mass is 520 g/mol. The molecule has 1 saturated heterocycles. The molecule has 0 bridgehead atoms. The summed E-state index contributed by atoms with van der Waals surface area (Å²) in [4.78, 5) is 2.44. The molecule has 3 saturated carbocycles. The van der Waals surface area contributed by atoms with Gasteiger partial charge in [-0.05, 0) is 93.0 Å². The first-order valence-corrected chi connectivity index (χ1v) is 14.1. The van der Waals surface area contributed by atoms with E-state index in [1.54, 1.807) is 6.07 Å². The van der Waals surface area contributed by atoms with Gasteiger partial charge in [-0.15, -0.1) is 12.4 Å². The lowest BCUT2D eigenvalue weighted by Crippen LogP contribution is -2.32. The molecule has 4 nitrogen and oxygen atoms in total. The van der Waals surface area contributed by atoms with Gasteiger partial charge in [0, 0.05) is 37.0 Å². The van der Waals surface area contributed by atoms with Gasteiger partial charge >= 0.3 is 0 Å². The van der Waals surface area contributed by atoms with E-state index < -0.39 is 15.9 Å². The van der Waals surface area contributed by atoms with Crippen molar-refractivity contribution in [1.82, 2.24) is 4.90 Å². The molecule has 2 unspecified atom stereocenters. The second kappa shape index (κ2) is 9.47. The summed E-state index contributed by atoms with van der Waals surface area (Å²) in [6, 6.07) is 4.64. The Morgan fingerprint density at radius 3 is 2.32 bits per heavy atom. The van der Waals surface area contributed by atoms with Crippen LogP contribution in [0, 0.1) is 23.6 Å². The summed E-state index contributed by atoms with van der Waals surface area (Å²) in [5.74, 6) is -1.50. The second-order valence-corrected chi connectivity index (χ2v) is 12.8. The Bertz CT molecular complexity index is 980. The predicted molar refractivity (Wildman–Crippen MR) is 131 cm³/mol. The highest BCUT2D eigenvalue weighted by Crippen LogP contribution is 2.66. The summed E-state index contributed by atoms with van der Waals surface area (Å²) >= 11 is 0. The van der Waals surface area contributed by atoms with Crippen molar-refractivity contribution in [1.29, 1.82) is 0 Å². The fourth-order valence-electron chi connectivity index (χ4n) is 6.68. The van der Waals surface area contributed by atoms with E-state index in [2.05, 4.69) is 16.5 Å². The number of hydrogen-bond acceptors (Lipinski definition) is 3. The van der Waals surface area contributed by atoms with Gasteiger partial charge in [-0.1, -0.05) is 6.92 Å². The lowest BCUT2D eigenvalue weighted by atomic mass is 9.84. The largest absolute Gasteiger partial charge is 0.303 e. The Labute approximate surface area is 207 Å². The number of nitrogens with one attached hydrogen (secondary N) is 1. The first-order valence-electron chi connectivity index (χ1n) is 12.6. The minimum atomic E-state index is -3.38. The zero-order chi connectivity index (χ0) is 23.4. The zero-order valence-corrected chi connectivity index (χ0v) is 21.4. The molecule has 5 rings (SSSR count). The molecule has 1 heterocycles. The van der Waals surface area contributed by atoms with E-state index in [4.69, 9.17) is 0 Å². The van der Waals surface area contributed by atoms with Crippen molar-refractivity contribution in [2.75, 3.05) is 24.4 Å². The molecule has 34 heavy (non-hydrogen) atoms. The molecule has 0 radical (unpaired) electrons. The average molecular weight is 521 g/mol. The molecule has 1 aliphatic heterocycles. The van der Waals surface area contributed by atoms with Crippen LogP contribution in [0.3, 0.4) is 0 Å². The van der Waals surface area contributed by atoms with Crippen molar-refractivity contribution in [2.45, 2.75) is 81.3 Å². The molecule has 1 N–H and O–H groups in total. The Morgan fingerprint density at radius 1 is 1.09 bits per heavy atom. The predicted octanol–water partition coefficient (Wildman–Crippen LogP) is 5.97. The fourth-order valence-corrected chi connectivity index (χ4v) is 8.05. The molecule has 1 aromatic rings. The summed E-state index contributed by atoms with van der Waals surface area (Å²) in [6.07, 6.45) is 5.60. The van der Waals surface area contributed by atoms with Gasteiger partial charge < -0.3 is 4.90 Å². The van der Waals surface area contributed by atoms with Crippen molar-refractivity contribution in [3.63, 3.8) is 0 Å². The molecule has 0 spiro atoms. The van der Waals surface area contributed by atoms with E-state index in [0.717, 1.165) is 38.9 Å². The minimum Gasteiger partial charge on any atom is -0.303 e. The molecule has 2 atom stereocenters. The van der Waals surface area contributed by atoms with Crippen molar-refractivity contribution < 1.29 is 21.6 Å². The minimum absolute atomic E-state index is 0. The van der Waals surface area contributed by atoms with E-state index in [9.17, 15) is 21.6 Å². The van der Waals surface area contributed by atoms with E-state index in [1.807, 2.05) is 0 Å². The number of nitrogens with zero attached hydrogens (tertiary/aromatic N) is 1. The number of sulfonamides is 1. The summed E-state index contributed by atoms with van der Waals surface area (Å²) < 4.78 is 68.9. The van der Waals surface area contributed by atoms with Gasteiger partial charge in [0.2, 0.25) is 15.9 Å². The lowest BCUT2D eigenvalue weighted by molar-refractivity contribution is -0.0468. The first-order chi connectivity index (χ1) is 15.6. The van der Waals surface area contributed by atoms with Crippen molar-refractivity contribution in [2.24, 2.45) is 17.8 Å². The average Bonchev–Trinajstić information content (AvgIpc) is 3.67.